The first-order valence-electron chi connectivity index (χ1n) is 12.2. The number of aliphatic carboxylic acids is 1. The van der Waals surface area contributed by atoms with Crippen molar-refractivity contribution in [2.45, 2.75) is 52.7 Å². The Labute approximate surface area is 240 Å². The minimum Gasteiger partial charge on any atom is -0.552 e. The van der Waals surface area contributed by atoms with E-state index in [0.29, 0.717) is 13.2 Å². The van der Waals surface area contributed by atoms with Crippen LogP contribution in [0.3, 0.4) is 0 Å². The first-order chi connectivity index (χ1) is 17.2. The molecule has 1 aliphatic heterocycles. The van der Waals surface area contributed by atoms with Crippen LogP contribution in [0.5, 0.6) is 17.2 Å². The van der Waals surface area contributed by atoms with Gasteiger partial charge in [0.25, 0.3) is 5.97 Å². The summed E-state index contributed by atoms with van der Waals surface area (Å²) in [6.45, 7) is 8.26. The maximum Gasteiger partial charge on any atom is 1.00 e. The number of benzene rings is 3. The second kappa shape index (κ2) is 12.3. The SMILES string of the molecule is CC(=O)O.Cc1cc(OCCO)cc(C)c1-c1cccc(COc2ccc3c(c2)OC2([CH-]3)CC2)c1C.[Na+]. The third-order valence-electron chi connectivity index (χ3n) is 6.44. The van der Waals surface area contributed by atoms with Gasteiger partial charge in [0.05, 0.1) is 18.0 Å². The van der Waals surface area contributed by atoms with Gasteiger partial charge in [-0.2, -0.15) is 6.07 Å². The Morgan fingerprint density at radius 3 is 2.32 bits per heavy atom. The Morgan fingerprint density at radius 1 is 1.03 bits per heavy atom. The van der Waals surface area contributed by atoms with Gasteiger partial charge in [-0.3, -0.25) is 4.79 Å². The number of carboxylic acids is 1. The van der Waals surface area contributed by atoms with E-state index >= 15 is 0 Å². The Hall–Kier alpha value is -2.64. The van der Waals surface area contributed by atoms with E-state index in [9.17, 15) is 0 Å². The minimum absolute atomic E-state index is 0. The molecule has 0 unspecified atom stereocenters. The van der Waals surface area contributed by atoms with Crippen LogP contribution in [0.25, 0.3) is 11.1 Å². The van der Waals surface area contributed by atoms with Gasteiger partial charge in [-0.25, -0.2) is 0 Å². The zero-order valence-corrected chi connectivity index (χ0v) is 24.3. The molecule has 0 amide bonds. The summed E-state index contributed by atoms with van der Waals surface area (Å²) in [4.78, 5) is 9.00. The van der Waals surface area contributed by atoms with E-state index in [4.69, 9.17) is 29.2 Å². The molecule has 1 fully saturated rings. The number of carbonyl (C=O) groups is 1. The van der Waals surface area contributed by atoms with Gasteiger partial charge in [-0.1, -0.05) is 24.3 Å². The molecule has 37 heavy (non-hydrogen) atoms. The summed E-state index contributed by atoms with van der Waals surface area (Å²) in [5.41, 5.74) is 8.25. The van der Waals surface area contributed by atoms with E-state index in [-0.39, 0.29) is 41.8 Å². The molecule has 6 nitrogen and oxygen atoms in total. The van der Waals surface area contributed by atoms with Gasteiger partial charge < -0.3 is 24.4 Å². The maximum absolute atomic E-state index is 9.02. The number of aliphatic hydroxyl groups is 1. The zero-order valence-electron chi connectivity index (χ0n) is 22.3. The number of carboxylic acid groups (broad SMARTS) is 1. The summed E-state index contributed by atoms with van der Waals surface area (Å²) in [5.74, 6) is 1.72. The first-order valence-corrected chi connectivity index (χ1v) is 12.2. The van der Waals surface area contributed by atoms with Crippen LogP contribution in [0.15, 0.2) is 48.5 Å². The van der Waals surface area contributed by atoms with E-state index in [1.807, 2.05) is 24.3 Å². The number of aliphatic hydroxyl groups excluding tert-OH is 1. The second-order valence-electron chi connectivity index (χ2n) is 9.41. The second-order valence-corrected chi connectivity index (χ2v) is 9.41. The molecule has 1 heterocycles. The normalized spacial score (nSPS) is 13.8. The van der Waals surface area contributed by atoms with Crippen LogP contribution in [0.2, 0.25) is 0 Å². The van der Waals surface area contributed by atoms with E-state index in [0.717, 1.165) is 53.7 Å². The van der Waals surface area contributed by atoms with Crippen LogP contribution < -0.4 is 43.8 Å². The number of hydrogen-bond donors (Lipinski definition) is 2. The predicted octanol–water partition coefficient (Wildman–Crippen LogP) is 2.80. The third-order valence-corrected chi connectivity index (χ3v) is 6.44. The quantitative estimate of drug-likeness (QED) is 0.374. The van der Waals surface area contributed by atoms with Crippen LogP contribution in [-0.4, -0.2) is 35.0 Å². The number of hydrogen-bond acceptors (Lipinski definition) is 5. The minimum atomic E-state index is -0.833. The van der Waals surface area contributed by atoms with E-state index in [1.165, 1.54) is 22.3 Å². The predicted molar refractivity (Wildman–Crippen MR) is 139 cm³/mol. The Bertz CT molecular complexity index is 1240. The average Bonchev–Trinajstić information content (AvgIpc) is 3.46. The van der Waals surface area contributed by atoms with Crippen molar-refractivity contribution in [3.63, 3.8) is 0 Å². The molecule has 0 atom stereocenters. The van der Waals surface area contributed by atoms with Crippen LogP contribution in [0.1, 0.15) is 47.6 Å². The molecule has 0 saturated heterocycles. The van der Waals surface area contributed by atoms with Gasteiger partial charge in [0.15, 0.2) is 0 Å². The Balaban J connectivity index is 0.000000711. The Kier molecular flexibility index (Phi) is 9.59. The molecule has 190 valence electrons. The molecule has 1 saturated carbocycles. The summed E-state index contributed by atoms with van der Waals surface area (Å²) >= 11 is 0. The molecule has 2 aliphatic rings. The van der Waals surface area contributed by atoms with Crippen molar-refractivity contribution in [1.82, 2.24) is 0 Å². The van der Waals surface area contributed by atoms with E-state index < -0.39 is 5.97 Å². The van der Waals surface area contributed by atoms with Crippen molar-refractivity contribution < 1.29 is 58.8 Å². The van der Waals surface area contributed by atoms with Crippen molar-refractivity contribution in [3.8, 4) is 28.4 Å². The molecule has 3 aromatic carbocycles. The van der Waals surface area contributed by atoms with Crippen LogP contribution >= 0.6 is 0 Å². The summed E-state index contributed by atoms with van der Waals surface area (Å²) in [6, 6.07) is 16.6. The van der Waals surface area contributed by atoms with Crippen molar-refractivity contribution >= 4 is 5.97 Å². The van der Waals surface area contributed by atoms with Crippen molar-refractivity contribution in [2.75, 3.05) is 13.2 Å². The van der Waals surface area contributed by atoms with Crippen LogP contribution in [-0.2, 0) is 11.4 Å². The largest absolute Gasteiger partial charge is 1.00 e. The number of aryl methyl sites for hydroxylation is 2. The molecule has 2 N–H and O–H groups in total. The summed E-state index contributed by atoms with van der Waals surface area (Å²) in [7, 11) is 0. The topological polar surface area (TPSA) is 85.2 Å². The monoisotopic (exact) mass is 512 g/mol. The third kappa shape index (κ3) is 7.02. The molecular formula is C30H33NaO6. The molecule has 0 aromatic heterocycles. The fourth-order valence-corrected chi connectivity index (χ4v) is 4.58. The molecule has 7 heteroatoms. The molecular weight excluding hydrogens is 479 g/mol. The fourth-order valence-electron chi connectivity index (χ4n) is 4.58. The van der Waals surface area contributed by atoms with Gasteiger partial charge in [-0.15, -0.1) is 12.0 Å². The van der Waals surface area contributed by atoms with E-state index in [1.54, 1.807) is 0 Å². The van der Waals surface area contributed by atoms with Gasteiger partial charge in [0.1, 0.15) is 19.0 Å². The van der Waals surface area contributed by atoms with Gasteiger partial charge >= 0.3 is 29.6 Å². The summed E-state index contributed by atoms with van der Waals surface area (Å²) < 4.78 is 17.9. The molecule has 1 aliphatic carbocycles. The van der Waals surface area contributed by atoms with Gasteiger partial charge in [0, 0.05) is 12.7 Å². The fraction of sp³-hybridized carbons (Fsp3) is 0.333. The molecule has 3 aromatic rings. The standard InChI is InChI=1S/C28H29O4.C2H4O2.Na/c1-18-13-24(30-12-11-29)14-19(2)27(18)25-6-4-5-22(20(25)3)17-31-23-8-7-21-16-28(9-10-28)32-26(21)15-23;1-2(3)4;/h4-8,13-16,29H,9-12,17H2,1-3H3;1H3,(H,3,4);/q-1;;+1. The first kappa shape index (κ1) is 28.9. The molecule has 0 radical (unpaired) electrons. The molecule has 0 bridgehead atoms. The van der Waals surface area contributed by atoms with Crippen LogP contribution in [0, 0.1) is 27.2 Å². The smallest absolute Gasteiger partial charge is 0.552 e. The number of rotatable bonds is 7. The van der Waals surface area contributed by atoms with Gasteiger partial charge in [0.2, 0.25) is 0 Å². The number of fused-ring (bicyclic) bond motifs is 1. The Morgan fingerprint density at radius 2 is 1.70 bits per heavy atom. The van der Waals surface area contributed by atoms with Crippen LogP contribution in [0.4, 0.5) is 0 Å². The summed E-state index contributed by atoms with van der Waals surface area (Å²) in [6.07, 6.45) is 4.46. The summed E-state index contributed by atoms with van der Waals surface area (Å²) in [5, 5.41) is 16.4. The van der Waals surface area contributed by atoms with Crippen molar-refractivity contribution in [3.05, 3.63) is 82.8 Å². The van der Waals surface area contributed by atoms with Crippen molar-refractivity contribution in [1.29, 1.82) is 0 Å². The van der Waals surface area contributed by atoms with Crippen molar-refractivity contribution in [2.24, 2.45) is 0 Å². The zero-order chi connectivity index (χ0) is 25.9. The maximum atomic E-state index is 9.02. The van der Waals surface area contributed by atoms with E-state index in [2.05, 4.69) is 51.5 Å². The average molecular weight is 513 g/mol. The number of ether oxygens (including phenoxy) is 3. The molecule has 5 rings (SSSR count). The van der Waals surface area contributed by atoms with Gasteiger partial charge in [-0.05, 0) is 85.2 Å². The molecule has 1 spiro atoms.